The van der Waals surface area contributed by atoms with Crippen LogP contribution in [0.4, 0.5) is 4.79 Å². The summed E-state index contributed by atoms with van der Waals surface area (Å²) in [6, 6.07) is 9.96. The summed E-state index contributed by atoms with van der Waals surface area (Å²) >= 11 is 0. The minimum absolute atomic E-state index is 0.0499. The zero-order valence-corrected chi connectivity index (χ0v) is 13.5. The van der Waals surface area contributed by atoms with Crippen molar-refractivity contribution in [2.24, 2.45) is 5.92 Å². The number of benzene rings is 1. The molecule has 0 saturated carbocycles. The number of amides is 2. The lowest BCUT2D eigenvalue weighted by Crippen LogP contribution is -2.44. The van der Waals surface area contributed by atoms with Crippen molar-refractivity contribution < 1.29 is 19.2 Å². The zero-order valence-electron chi connectivity index (χ0n) is 13.5. The molecule has 1 aromatic carbocycles. The summed E-state index contributed by atoms with van der Waals surface area (Å²) in [4.78, 5) is 31.6. The average Bonchev–Trinajstić information content (AvgIpc) is 3.10. The fourth-order valence-electron chi connectivity index (χ4n) is 3.36. The van der Waals surface area contributed by atoms with Gasteiger partial charge in [-0.15, -0.1) is 0 Å². The molecule has 0 spiro atoms. The predicted molar refractivity (Wildman–Crippen MR) is 83.2 cm³/mol. The van der Waals surface area contributed by atoms with Gasteiger partial charge < -0.3 is 4.74 Å². The van der Waals surface area contributed by atoms with E-state index >= 15 is 0 Å². The monoisotopic (exact) mass is 318 g/mol. The molecule has 1 aromatic rings. The van der Waals surface area contributed by atoms with Crippen molar-refractivity contribution in [1.82, 2.24) is 9.96 Å². The Hall–Kier alpha value is -1.92. The van der Waals surface area contributed by atoms with E-state index in [1.54, 1.807) is 0 Å². The molecular formula is C17H22N2O4. The lowest BCUT2D eigenvalue weighted by molar-refractivity contribution is -0.165. The smallest absolute Gasteiger partial charge is 0.416 e. The molecule has 2 aliphatic heterocycles. The number of carbonyl (C=O) groups excluding carboxylic acids is 2. The van der Waals surface area contributed by atoms with Gasteiger partial charge in [0.05, 0.1) is 18.6 Å². The molecule has 0 aromatic heterocycles. The fraction of sp³-hybridized carbons (Fsp3) is 0.529. The molecular weight excluding hydrogens is 296 g/mol. The molecule has 3 atom stereocenters. The van der Waals surface area contributed by atoms with E-state index in [0.717, 1.165) is 12.0 Å². The Morgan fingerprint density at radius 2 is 2.04 bits per heavy atom. The van der Waals surface area contributed by atoms with Crippen LogP contribution in [-0.2, 0) is 20.9 Å². The standard InChI is InChI=1S/C17H22N2O4/c1-3-14-15(16(20)18-9-10-22-17(18)21)12(2)23-19(14)11-13-7-5-4-6-8-13/h4-8,12,14-15H,3,9-11H2,1-2H3/t12-,14+,15-/m1/s1. The van der Waals surface area contributed by atoms with E-state index in [-0.39, 0.29) is 30.6 Å². The van der Waals surface area contributed by atoms with Gasteiger partial charge in [-0.3, -0.25) is 9.63 Å². The molecule has 124 valence electrons. The quantitative estimate of drug-likeness (QED) is 0.852. The van der Waals surface area contributed by atoms with Gasteiger partial charge in [0, 0.05) is 12.6 Å². The molecule has 6 nitrogen and oxygen atoms in total. The van der Waals surface area contributed by atoms with E-state index in [1.165, 1.54) is 4.90 Å². The van der Waals surface area contributed by atoms with Gasteiger partial charge >= 0.3 is 6.09 Å². The van der Waals surface area contributed by atoms with Crippen LogP contribution in [0.3, 0.4) is 0 Å². The summed E-state index contributed by atoms with van der Waals surface area (Å²) in [5.74, 6) is -0.545. The van der Waals surface area contributed by atoms with Gasteiger partial charge in [0.25, 0.3) is 0 Å². The van der Waals surface area contributed by atoms with Crippen LogP contribution >= 0.6 is 0 Å². The molecule has 2 saturated heterocycles. The van der Waals surface area contributed by atoms with Crippen molar-refractivity contribution in [3.63, 3.8) is 0 Å². The second-order valence-corrected chi connectivity index (χ2v) is 5.98. The number of cyclic esters (lactones) is 1. The molecule has 0 bridgehead atoms. The summed E-state index contributed by atoms with van der Waals surface area (Å²) in [6.45, 7) is 5.15. The number of carbonyl (C=O) groups is 2. The summed E-state index contributed by atoms with van der Waals surface area (Å²) in [5, 5.41) is 1.88. The number of imide groups is 1. The maximum Gasteiger partial charge on any atom is 0.416 e. The first-order valence-corrected chi connectivity index (χ1v) is 8.07. The highest BCUT2D eigenvalue weighted by Crippen LogP contribution is 2.33. The minimum Gasteiger partial charge on any atom is -0.447 e. The third-order valence-corrected chi connectivity index (χ3v) is 4.50. The number of hydrogen-bond donors (Lipinski definition) is 0. The highest BCUT2D eigenvalue weighted by atomic mass is 16.7. The van der Waals surface area contributed by atoms with Gasteiger partial charge in [-0.25, -0.2) is 9.69 Å². The number of hydroxylamine groups is 2. The van der Waals surface area contributed by atoms with Crippen molar-refractivity contribution in [1.29, 1.82) is 0 Å². The van der Waals surface area contributed by atoms with E-state index in [4.69, 9.17) is 9.57 Å². The van der Waals surface area contributed by atoms with Crippen LogP contribution in [0.1, 0.15) is 25.8 Å². The maximum absolute atomic E-state index is 12.8. The molecule has 2 heterocycles. The van der Waals surface area contributed by atoms with E-state index in [2.05, 4.69) is 0 Å². The third-order valence-electron chi connectivity index (χ3n) is 4.50. The molecule has 2 fully saturated rings. The first kappa shape index (κ1) is 16.0. The topological polar surface area (TPSA) is 59.1 Å². The van der Waals surface area contributed by atoms with Crippen molar-refractivity contribution >= 4 is 12.0 Å². The highest BCUT2D eigenvalue weighted by molar-refractivity contribution is 5.95. The van der Waals surface area contributed by atoms with Crippen LogP contribution in [0, 0.1) is 5.92 Å². The molecule has 23 heavy (non-hydrogen) atoms. The molecule has 0 aliphatic carbocycles. The lowest BCUT2D eigenvalue weighted by atomic mass is 9.92. The summed E-state index contributed by atoms with van der Waals surface area (Å²) in [7, 11) is 0. The maximum atomic E-state index is 12.8. The zero-order chi connectivity index (χ0) is 16.4. The van der Waals surface area contributed by atoms with Crippen molar-refractivity contribution in [2.45, 2.75) is 39.0 Å². The van der Waals surface area contributed by atoms with Gasteiger partial charge in [0.1, 0.15) is 6.61 Å². The van der Waals surface area contributed by atoms with Gasteiger partial charge in [-0.05, 0) is 18.9 Å². The van der Waals surface area contributed by atoms with Gasteiger partial charge in [-0.1, -0.05) is 37.3 Å². The van der Waals surface area contributed by atoms with Crippen LogP contribution in [0.5, 0.6) is 0 Å². The molecule has 2 amide bonds. The number of hydrogen-bond acceptors (Lipinski definition) is 5. The minimum atomic E-state index is -0.543. The van der Waals surface area contributed by atoms with Crippen LogP contribution in [0.2, 0.25) is 0 Å². The second kappa shape index (κ2) is 6.68. The first-order valence-electron chi connectivity index (χ1n) is 8.07. The number of rotatable bonds is 4. The summed E-state index contributed by atoms with van der Waals surface area (Å²) in [6.07, 6.45) is -0.0284. The van der Waals surface area contributed by atoms with Crippen molar-refractivity contribution in [2.75, 3.05) is 13.2 Å². The van der Waals surface area contributed by atoms with E-state index in [9.17, 15) is 9.59 Å². The highest BCUT2D eigenvalue weighted by Gasteiger charge is 2.47. The van der Waals surface area contributed by atoms with Gasteiger partial charge in [0.2, 0.25) is 5.91 Å². The number of ether oxygens (including phenoxy) is 1. The SMILES string of the molecule is CC[C@H]1[C@H](C(=O)N2CCOC2=O)[C@@H](C)ON1Cc1ccccc1. The second-order valence-electron chi connectivity index (χ2n) is 5.98. The van der Waals surface area contributed by atoms with Gasteiger partial charge in [0.15, 0.2) is 0 Å². The molecule has 0 N–H and O–H groups in total. The van der Waals surface area contributed by atoms with Crippen LogP contribution < -0.4 is 0 Å². The predicted octanol–water partition coefficient (Wildman–Crippen LogP) is 2.20. The average molecular weight is 318 g/mol. The third kappa shape index (κ3) is 3.09. The number of nitrogens with zero attached hydrogens (tertiary/aromatic N) is 2. The molecule has 2 aliphatic rings. The summed E-state index contributed by atoms with van der Waals surface area (Å²) < 4.78 is 4.88. The Balaban J connectivity index is 1.75. The van der Waals surface area contributed by atoms with Crippen LogP contribution in [-0.4, -0.2) is 47.3 Å². The Kier molecular flexibility index (Phi) is 4.63. The largest absolute Gasteiger partial charge is 0.447 e. The molecule has 3 rings (SSSR count). The fourth-order valence-corrected chi connectivity index (χ4v) is 3.36. The first-order chi connectivity index (χ1) is 11.1. The lowest BCUT2D eigenvalue weighted by Gasteiger charge is -2.25. The Morgan fingerprint density at radius 1 is 1.30 bits per heavy atom. The molecule has 6 heteroatoms. The Labute approximate surface area is 135 Å². The Morgan fingerprint density at radius 3 is 2.65 bits per heavy atom. The molecule has 0 radical (unpaired) electrons. The normalized spacial score (nSPS) is 28.2. The van der Waals surface area contributed by atoms with E-state index < -0.39 is 6.09 Å². The Bertz CT molecular complexity index is 577. The summed E-state index contributed by atoms with van der Waals surface area (Å²) in [5.41, 5.74) is 1.13. The van der Waals surface area contributed by atoms with Gasteiger partial charge in [-0.2, -0.15) is 5.06 Å². The van der Waals surface area contributed by atoms with Crippen molar-refractivity contribution in [3.05, 3.63) is 35.9 Å². The van der Waals surface area contributed by atoms with E-state index in [0.29, 0.717) is 13.1 Å². The van der Waals surface area contributed by atoms with Crippen LogP contribution in [0.25, 0.3) is 0 Å². The van der Waals surface area contributed by atoms with Crippen LogP contribution in [0.15, 0.2) is 30.3 Å². The molecule has 0 unspecified atom stereocenters. The van der Waals surface area contributed by atoms with E-state index in [1.807, 2.05) is 49.2 Å². The van der Waals surface area contributed by atoms with Crippen molar-refractivity contribution in [3.8, 4) is 0 Å².